The molecule has 4 aromatic rings. The fourth-order valence-electron chi connectivity index (χ4n) is 6.13. The third-order valence-electron chi connectivity index (χ3n) is 8.58. The summed E-state index contributed by atoms with van der Waals surface area (Å²) in [5.41, 5.74) is 2.66. The van der Waals surface area contributed by atoms with Crippen molar-refractivity contribution in [2.24, 2.45) is 11.3 Å². The third kappa shape index (κ3) is 9.71. The Balaban J connectivity index is 1.34. The number of benzene rings is 2. The van der Waals surface area contributed by atoms with Crippen LogP contribution in [0.15, 0.2) is 77.5 Å². The summed E-state index contributed by atoms with van der Waals surface area (Å²) >= 11 is 3.48. The summed E-state index contributed by atoms with van der Waals surface area (Å²) < 4.78 is 12.1. The van der Waals surface area contributed by atoms with E-state index in [1.54, 1.807) is 24.5 Å². The summed E-state index contributed by atoms with van der Waals surface area (Å²) in [5, 5.41) is 9.52. The number of halogens is 1. The van der Waals surface area contributed by atoms with E-state index >= 15 is 0 Å². The van der Waals surface area contributed by atoms with E-state index in [2.05, 4.69) is 81.4 Å². The number of carbonyl (C=O) groups is 3. The highest BCUT2D eigenvalue weighted by atomic mass is 79.9. The molecule has 50 heavy (non-hydrogen) atoms. The van der Waals surface area contributed by atoms with Gasteiger partial charge in [-0.15, -0.1) is 0 Å². The van der Waals surface area contributed by atoms with Crippen LogP contribution in [0.25, 0.3) is 10.9 Å². The normalized spacial score (nSPS) is 16.7. The number of pyridine rings is 2. The van der Waals surface area contributed by atoms with Gasteiger partial charge in [0, 0.05) is 35.2 Å². The maximum Gasteiger partial charge on any atom is 0.412 e. The van der Waals surface area contributed by atoms with E-state index in [0.29, 0.717) is 24.3 Å². The maximum atomic E-state index is 14.0. The molecule has 12 heteroatoms. The number of hydrogen-bond donors (Lipinski definition) is 3. The molecule has 2 aromatic heterocycles. The Morgan fingerprint density at radius 1 is 1.00 bits per heavy atom. The number of ether oxygens (including phenoxy) is 2. The molecule has 11 nitrogen and oxygen atoms in total. The van der Waals surface area contributed by atoms with Crippen LogP contribution in [0.3, 0.4) is 0 Å². The zero-order valence-electron chi connectivity index (χ0n) is 29.2. The van der Waals surface area contributed by atoms with Crippen molar-refractivity contribution in [2.75, 3.05) is 28.6 Å². The standard InChI is InChI=1S/C38H45BrN6O5/c1-6-10-33(38(3,4)5)50-37(48)41-28-17-24(2)21-45(22-28)32-15-16-40-20-31(32)43-35(46)34-30(18-26-13-14-27(39)19-29(26)42-34)44-36(47)49-23-25-11-8-7-9-12-25/h7-9,11-16,18-20,24,28,33H,6,10,17,21-23H2,1-5H3,(H,41,48)(H,43,46)(H,44,47)/t24-,28+,33?/m1/s1. The van der Waals surface area contributed by atoms with Gasteiger partial charge >= 0.3 is 12.2 Å². The number of piperidine rings is 1. The van der Waals surface area contributed by atoms with Crippen molar-refractivity contribution in [1.29, 1.82) is 0 Å². The van der Waals surface area contributed by atoms with E-state index in [0.717, 1.165) is 40.4 Å². The highest BCUT2D eigenvalue weighted by Crippen LogP contribution is 2.32. The first kappa shape index (κ1) is 36.6. The fraction of sp³-hybridized carbons (Fsp3) is 0.395. The summed E-state index contributed by atoms with van der Waals surface area (Å²) in [5.74, 6) is -0.287. The lowest BCUT2D eigenvalue weighted by Gasteiger charge is -2.39. The van der Waals surface area contributed by atoms with E-state index in [1.807, 2.05) is 48.5 Å². The predicted octanol–water partition coefficient (Wildman–Crippen LogP) is 8.55. The van der Waals surface area contributed by atoms with Crippen molar-refractivity contribution >= 4 is 62.0 Å². The minimum atomic E-state index is -0.717. The van der Waals surface area contributed by atoms with E-state index in [4.69, 9.17) is 9.47 Å². The van der Waals surface area contributed by atoms with Gasteiger partial charge in [-0.3, -0.25) is 15.1 Å². The molecule has 0 bridgehead atoms. The molecule has 3 atom stereocenters. The number of alkyl carbamates (subject to hydrolysis) is 1. The molecular formula is C38H45BrN6O5. The van der Waals surface area contributed by atoms with Gasteiger partial charge in [0.05, 0.1) is 28.8 Å². The van der Waals surface area contributed by atoms with Crippen LogP contribution < -0.4 is 20.9 Å². The monoisotopic (exact) mass is 744 g/mol. The molecule has 3 amide bonds. The second kappa shape index (κ2) is 16.3. The maximum absolute atomic E-state index is 14.0. The average molecular weight is 746 g/mol. The number of anilines is 3. The number of aromatic nitrogens is 2. The highest BCUT2D eigenvalue weighted by molar-refractivity contribution is 9.10. The molecule has 5 rings (SSSR count). The van der Waals surface area contributed by atoms with Crippen LogP contribution in [0.1, 0.15) is 69.9 Å². The second-order valence-electron chi connectivity index (χ2n) is 13.9. The highest BCUT2D eigenvalue weighted by Gasteiger charge is 2.31. The summed E-state index contributed by atoms with van der Waals surface area (Å²) in [6.45, 7) is 11.7. The Hall–Kier alpha value is -4.71. The molecule has 1 aliphatic rings. The SMILES string of the molecule is CCCC(OC(=O)N[C@H]1C[C@@H](C)CN(c2ccncc2NC(=O)c2nc3cc(Br)ccc3cc2NC(=O)OCc2ccccc2)C1)C(C)(C)C. The second-order valence-corrected chi connectivity index (χ2v) is 14.8. The van der Waals surface area contributed by atoms with E-state index < -0.39 is 18.1 Å². The number of rotatable bonds is 10. The minimum absolute atomic E-state index is 0.0110. The molecular weight excluding hydrogens is 700 g/mol. The minimum Gasteiger partial charge on any atom is -0.446 e. The molecule has 0 radical (unpaired) electrons. The van der Waals surface area contributed by atoms with Crippen molar-refractivity contribution in [3.63, 3.8) is 0 Å². The summed E-state index contributed by atoms with van der Waals surface area (Å²) in [4.78, 5) is 51.0. The molecule has 1 unspecified atom stereocenters. The molecule has 0 saturated carbocycles. The van der Waals surface area contributed by atoms with Crippen molar-refractivity contribution in [1.82, 2.24) is 15.3 Å². The molecule has 3 N–H and O–H groups in total. The zero-order chi connectivity index (χ0) is 35.8. The van der Waals surface area contributed by atoms with Crippen LogP contribution in [-0.2, 0) is 16.1 Å². The van der Waals surface area contributed by atoms with Crippen LogP contribution in [-0.4, -0.2) is 53.3 Å². The molecule has 0 aliphatic carbocycles. The largest absolute Gasteiger partial charge is 0.446 e. The zero-order valence-corrected chi connectivity index (χ0v) is 30.7. The van der Waals surface area contributed by atoms with Crippen LogP contribution in [0.5, 0.6) is 0 Å². The summed E-state index contributed by atoms with van der Waals surface area (Å²) in [6.07, 6.45) is 4.42. The van der Waals surface area contributed by atoms with Gasteiger partial charge in [-0.2, -0.15) is 0 Å². The summed E-state index contributed by atoms with van der Waals surface area (Å²) in [6, 6.07) is 18.2. The van der Waals surface area contributed by atoms with Crippen LogP contribution in [0, 0.1) is 11.3 Å². The Kier molecular flexibility index (Phi) is 11.9. The van der Waals surface area contributed by atoms with Crippen LogP contribution in [0.2, 0.25) is 0 Å². The molecule has 1 fully saturated rings. The van der Waals surface area contributed by atoms with Gasteiger partial charge in [0.1, 0.15) is 12.7 Å². The van der Waals surface area contributed by atoms with E-state index in [1.165, 1.54) is 0 Å². The Morgan fingerprint density at radius 3 is 2.52 bits per heavy atom. The molecule has 1 aliphatic heterocycles. The number of amides is 3. The summed E-state index contributed by atoms with van der Waals surface area (Å²) in [7, 11) is 0. The number of nitrogens with zero attached hydrogens (tertiary/aromatic N) is 3. The van der Waals surface area contributed by atoms with Crippen molar-refractivity contribution in [3.05, 3.63) is 88.8 Å². The number of carbonyl (C=O) groups excluding carboxylic acids is 3. The van der Waals surface area contributed by atoms with Gasteiger partial charge in [-0.05, 0) is 54.0 Å². The van der Waals surface area contributed by atoms with Gasteiger partial charge in [-0.25, -0.2) is 14.6 Å². The van der Waals surface area contributed by atoms with Crippen molar-refractivity contribution in [3.8, 4) is 0 Å². The smallest absolute Gasteiger partial charge is 0.412 e. The Labute approximate surface area is 301 Å². The predicted molar refractivity (Wildman–Crippen MR) is 199 cm³/mol. The Morgan fingerprint density at radius 2 is 1.78 bits per heavy atom. The van der Waals surface area contributed by atoms with Crippen molar-refractivity contribution < 1.29 is 23.9 Å². The third-order valence-corrected chi connectivity index (χ3v) is 9.07. The lowest BCUT2D eigenvalue weighted by Crippen LogP contribution is -2.51. The molecule has 0 spiro atoms. The molecule has 264 valence electrons. The van der Waals surface area contributed by atoms with Crippen LogP contribution in [0.4, 0.5) is 26.7 Å². The lowest BCUT2D eigenvalue weighted by molar-refractivity contribution is 0.0235. The van der Waals surface area contributed by atoms with Gasteiger partial charge in [0.25, 0.3) is 5.91 Å². The van der Waals surface area contributed by atoms with E-state index in [-0.39, 0.29) is 41.5 Å². The first-order chi connectivity index (χ1) is 23.9. The fourth-order valence-corrected chi connectivity index (χ4v) is 6.48. The first-order valence-corrected chi connectivity index (χ1v) is 17.7. The quantitative estimate of drug-likeness (QED) is 0.147. The average Bonchev–Trinajstić information content (AvgIpc) is 3.07. The number of fused-ring (bicyclic) bond motifs is 1. The number of nitrogens with one attached hydrogen (secondary N) is 3. The van der Waals surface area contributed by atoms with Gasteiger partial charge in [0.15, 0.2) is 5.69 Å². The van der Waals surface area contributed by atoms with Gasteiger partial charge in [0.2, 0.25) is 0 Å². The number of hydrogen-bond acceptors (Lipinski definition) is 8. The van der Waals surface area contributed by atoms with E-state index in [9.17, 15) is 14.4 Å². The Bertz CT molecular complexity index is 1810. The van der Waals surface area contributed by atoms with Gasteiger partial charge < -0.3 is 25.0 Å². The topological polar surface area (TPSA) is 135 Å². The first-order valence-electron chi connectivity index (χ1n) is 16.9. The molecule has 3 heterocycles. The molecule has 2 aromatic carbocycles. The van der Waals surface area contributed by atoms with Gasteiger partial charge in [-0.1, -0.05) is 93.4 Å². The molecule has 1 saturated heterocycles. The van der Waals surface area contributed by atoms with Crippen molar-refractivity contribution in [2.45, 2.75) is 72.6 Å². The van der Waals surface area contributed by atoms with Crippen LogP contribution >= 0.6 is 15.9 Å². The lowest BCUT2D eigenvalue weighted by atomic mass is 9.86.